The molecule has 1 aliphatic carbocycles. The minimum atomic E-state index is -0.791. The van der Waals surface area contributed by atoms with Crippen LogP contribution in [-0.4, -0.2) is 66.3 Å². The molecule has 194 valence electrons. The Labute approximate surface area is 216 Å². The summed E-state index contributed by atoms with van der Waals surface area (Å²) in [5.41, 5.74) is 4.93. The predicted octanol–water partition coefficient (Wildman–Crippen LogP) is 4.35. The number of aliphatic hydroxyl groups is 1. The molecule has 6 nitrogen and oxygen atoms in total. The van der Waals surface area contributed by atoms with Crippen LogP contribution in [0.1, 0.15) is 42.9 Å². The normalized spacial score (nSPS) is 24.2. The molecule has 2 aliphatic rings. The lowest BCUT2D eigenvalue weighted by molar-refractivity contribution is -0.223. The highest BCUT2D eigenvalue weighted by Crippen LogP contribution is 2.40. The Balaban J connectivity index is 1.34. The van der Waals surface area contributed by atoms with Crippen molar-refractivity contribution in [3.05, 3.63) is 83.7 Å². The lowest BCUT2D eigenvalue weighted by Crippen LogP contribution is -2.43. The second kappa shape index (κ2) is 13.3. The zero-order valence-electron chi connectivity index (χ0n) is 21.7. The summed E-state index contributed by atoms with van der Waals surface area (Å²) in [6.07, 6.45) is 12.5. The molecule has 4 rings (SSSR count). The van der Waals surface area contributed by atoms with Crippen molar-refractivity contribution >= 4 is 5.57 Å². The second-order valence-electron chi connectivity index (χ2n) is 9.92. The lowest BCUT2D eigenvalue weighted by atomic mass is 9.82. The third-order valence-corrected chi connectivity index (χ3v) is 7.20. The number of β-amino-alcohol motifs (C(OH)–C–C–N with tert-alkyl or cyclic N) is 1. The summed E-state index contributed by atoms with van der Waals surface area (Å²) in [5.74, 6) is -0.735. The smallest absolute Gasteiger partial charge is 0.194 e. The number of hydrogen-bond donors (Lipinski definition) is 2. The maximum atomic E-state index is 9.80. The van der Waals surface area contributed by atoms with Gasteiger partial charge in [0.25, 0.3) is 0 Å². The number of allylic oxidation sites excluding steroid dienone is 2. The second-order valence-corrected chi connectivity index (χ2v) is 9.92. The molecule has 6 heteroatoms. The summed E-state index contributed by atoms with van der Waals surface area (Å²) in [5, 5.41) is 13.3. The summed E-state index contributed by atoms with van der Waals surface area (Å²) in [6, 6.07) is 12.6. The third-order valence-electron chi connectivity index (χ3n) is 7.20. The van der Waals surface area contributed by atoms with E-state index >= 15 is 0 Å². The molecule has 0 radical (unpaired) electrons. The van der Waals surface area contributed by atoms with Gasteiger partial charge in [0, 0.05) is 44.5 Å². The van der Waals surface area contributed by atoms with E-state index in [-0.39, 0.29) is 12.0 Å². The van der Waals surface area contributed by atoms with Crippen LogP contribution in [0.3, 0.4) is 0 Å². The van der Waals surface area contributed by atoms with Gasteiger partial charge in [-0.25, -0.2) is 0 Å². The van der Waals surface area contributed by atoms with Crippen LogP contribution in [0.4, 0.5) is 0 Å². The van der Waals surface area contributed by atoms with Gasteiger partial charge in [0.15, 0.2) is 5.79 Å². The fourth-order valence-corrected chi connectivity index (χ4v) is 5.10. The van der Waals surface area contributed by atoms with Crippen LogP contribution in [0, 0.1) is 12.8 Å². The molecule has 2 aromatic rings. The molecule has 1 aromatic carbocycles. The number of ether oxygens (including phenoxy) is 2. The summed E-state index contributed by atoms with van der Waals surface area (Å²) in [4.78, 5) is 6.49. The van der Waals surface area contributed by atoms with Crippen molar-refractivity contribution in [1.29, 1.82) is 0 Å². The van der Waals surface area contributed by atoms with Crippen LogP contribution in [0.5, 0.6) is 0 Å². The molecule has 0 spiro atoms. The molecule has 3 atom stereocenters. The highest BCUT2D eigenvalue weighted by molar-refractivity contribution is 5.73. The van der Waals surface area contributed by atoms with Gasteiger partial charge in [-0.05, 0) is 67.1 Å². The fourth-order valence-electron chi connectivity index (χ4n) is 5.10. The van der Waals surface area contributed by atoms with Gasteiger partial charge in [0.2, 0.25) is 0 Å². The number of pyridine rings is 1. The highest BCUT2D eigenvalue weighted by Gasteiger charge is 2.40. The first-order chi connectivity index (χ1) is 17.6. The number of aryl methyl sites for hydroxylation is 1. The van der Waals surface area contributed by atoms with E-state index in [2.05, 4.69) is 77.6 Å². The van der Waals surface area contributed by atoms with Crippen LogP contribution in [-0.2, 0) is 16.0 Å². The quantitative estimate of drug-likeness (QED) is 0.321. The first kappa shape index (κ1) is 26.7. The van der Waals surface area contributed by atoms with Gasteiger partial charge in [-0.1, -0.05) is 49.4 Å². The standard InChI is InChI=1S/C30H41N3O3/c1-24-9-3-4-11-28(24)29-12-5-14-30(25(29)2,36-20-8-17-33-18-13-27(34)23-33)35-19-7-16-32-22-26-10-6-15-31-21-26/h3-6,9-12,14-15,21,25,27,32,34H,7-8,13,16-20,22-23H2,1-2H3/t25?,27-,30?/m1/s1. The van der Waals surface area contributed by atoms with Gasteiger partial charge in [-0.3, -0.25) is 4.98 Å². The topological polar surface area (TPSA) is 66.8 Å². The first-order valence-electron chi connectivity index (χ1n) is 13.3. The lowest BCUT2D eigenvalue weighted by Gasteiger charge is -2.40. The molecule has 2 unspecified atom stereocenters. The molecule has 1 saturated heterocycles. The van der Waals surface area contributed by atoms with Gasteiger partial charge in [0.1, 0.15) is 0 Å². The Morgan fingerprint density at radius 1 is 1.14 bits per heavy atom. The number of rotatable bonds is 13. The Bertz CT molecular complexity index is 1010. The molecule has 1 fully saturated rings. The molecule has 0 bridgehead atoms. The molecular formula is C30H41N3O3. The number of nitrogens with one attached hydrogen (secondary N) is 1. The molecular weight excluding hydrogens is 450 g/mol. The number of benzene rings is 1. The minimum absolute atomic E-state index is 0.0561. The largest absolute Gasteiger partial charge is 0.392 e. The van der Waals surface area contributed by atoms with Gasteiger partial charge >= 0.3 is 0 Å². The molecule has 2 heterocycles. The fraction of sp³-hybridized carbons (Fsp3) is 0.500. The van der Waals surface area contributed by atoms with E-state index in [0.717, 1.165) is 52.0 Å². The maximum Gasteiger partial charge on any atom is 0.194 e. The van der Waals surface area contributed by atoms with E-state index in [0.29, 0.717) is 13.2 Å². The van der Waals surface area contributed by atoms with Crippen molar-refractivity contribution in [2.75, 3.05) is 39.4 Å². The average molecular weight is 492 g/mol. The van der Waals surface area contributed by atoms with Crippen molar-refractivity contribution in [2.24, 2.45) is 5.92 Å². The van der Waals surface area contributed by atoms with E-state index in [1.165, 1.54) is 22.3 Å². The number of aliphatic hydroxyl groups excluding tert-OH is 1. The average Bonchev–Trinajstić information content (AvgIpc) is 3.31. The molecule has 36 heavy (non-hydrogen) atoms. The van der Waals surface area contributed by atoms with Gasteiger partial charge in [-0.2, -0.15) is 0 Å². The Morgan fingerprint density at radius 2 is 1.97 bits per heavy atom. The van der Waals surface area contributed by atoms with Crippen LogP contribution in [0.2, 0.25) is 0 Å². The van der Waals surface area contributed by atoms with Crippen LogP contribution in [0.15, 0.2) is 67.0 Å². The van der Waals surface area contributed by atoms with Crippen LogP contribution >= 0.6 is 0 Å². The van der Waals surface area contributed by atoms with Gasteiger partial charge < -0.3 is 24.8 Å². The molecule has 1 aliphatic heterocycles. The van der Waals surface area contributed by atoms with E-state index in [9.17, 15) is 5.11 Å². The molecule has 1 aromatic heterocycles. The monoisotopic (exact) mass is 491 g/mol. The van der Waals surface area contributed by atoms with Gasteiger partial charge in [-0.15, -0.1) is 0 Å². The number of hydrogen-bond acceptors (Lipinski definition) is 6. The first-order valence-corrected chi connectivity index (χ1v) is 13.3. The maximum absolute atomic E-state index is 9.80. The highest BCUT2D eigenvalue weighted by atomic mass is 16.7. The number of aromatic nitrogens is 1. The SMILES string of the molecule is Cc1ccccc1C1=CC=CC(OCCCNCc2cccnc2)(OCCCN2CC[C@@H](O)C2)C1C. The minimum Gasteiger partial charge on any atom is -0.392 e. The Hall–Kier alpha value is -2.35. The van der Waals surface area contributed by atoms with Crippen molar-refractivity contribution in [3.63, 3.8) is 0 Å². The van der Waals surface area contributed by atoms with E-state index in [1.807, 2.05) is 12.3 Å². The number of nitrogens with zero attached hydrogens (tertiary/aromatic N) is 2. The van der Waals surface area contributed by atoms with Crippen molar-refractivity contribution < 1.29 is 14.6 Å². The van der Waals surface area contributed by atoms with E-state index in [1.54, 1.807) is 6.20 Å². The van der Waals surface area contributed by atoms with E-state index in [4.69, 9.17) is 9.47 Å². The molecule has 0 saturated carbocycles. The van der Waals surface area contributed by atoms with Crippen molar-refractivity contribution in [1.82, 2.24) is 15.2 Å². The van der Waals surface area contributed by atoms with Crippen LogP contribution in [0.25, 0.3) is 5.57 Å². The van der Waals surface area contributed by atoms with Crippen LogP contribution < -0.4 is 5.32 Å². The zero-order valence-corrected chi connectivity index (χ0v) is 21.7. The Morgan fingerprint density at radius 3 is 2.72 bits per heavy atom. The third kappa shape index (κ3) is 7.11. The van der Waals surface area contributed by atoms with Crippen molar-refractivity contribution in [3.8, 4) is 0 Å². The summed E-state index contributed by atoms with van der Waals surface area (Å²) in [6.45, 7) is 9.91. The van der Waals surface area contributed by atoms with Gasteiger partial charge in [0.05, 0.1) is 19.3 Å². The summed E-state index contributed by atoms with van der Waals surface area (Å²) in [7, 11) is 0. The molecule has 2 N–H and O–H groups in total. The van der Waals surface area contributed by atoms with Crippen molar-refractivity contribution in [2.45, 2.75) is 51.5 Å². The predicted molar refractivity (Wildman–Crippen MR) is 144 cm³/mol. The number of likely N-dealkylation sites (tertiary alicyclic amines) is 1. The zero-order chi connectivity index (χ0) is 25.2. The summed E-state index contributed by atoms with van der Waals surface area (Å²) < 4.78 is 13.1. The molecule has 0 amide bonds. The summed E-state index contributed by atoms with van der Waals surface area (Å²) >= 11 is 0. The van der Waals surface area contributed by atoms with E-state index < -0.39 is 5.79 Å². The Kier molecular flexibility index (Phi) is 9.84.